The lowest BCUT2D eigenvalue weighted by molar-refractivity contribution is 0.707. The van der Waals surface area contributed by atoms with Crippen LogP contribution in [0.25, 0.3) is 0 Å². The first-order valence-electron chi connectivity index (χ1n) is 7.19. The van der Waals surface area contributed by atoms with Crippen molar-refractivity contribution in [3.63, 3.8) is 0 Å². The molecule has 0 atom stereocenters. The molecule has 1 aromatic rings. The maximum atomic E-state index is 4.46. The van der Waals surface area contributed by atoms with Crippen molar-refractivity contribution in [2.75, 3.05) is 23.3 Å². The van der Waals surface area contributed by atoms with E-state index in [0.717, 1.165) is 36.6 Å². The molecule has 2 saturated carbocycles. The average Bonchev–Trinajstić information content (AvgIpc) is 3.27. The van der Waals surface area contributed by atoms with Gasteiger partial charge in [-0.25, -0.2) is 9.97 Å². The van der Waals surface area contributed by atoms with Gasteiger partial charge in [-0.1, -0.05) is 6.92 Å². The molecule has 0 unspecified atom stereocenters. The van der Waals surface area contributed by atoms with Crippen LogP contribution in [0.1, 0.15) is 39.0 Å². The first kappa shape index (κ1) is 11.8. The maximum absolute atomic E-state index is 4.46. The molecule has 4 nitrogen and oxygen atoms in total. The average molecular weight is 246 g/mol. The Balaban J connectivity index is 1.71. The maximum Gasteiger partial charge on any atom is 0.134 e. The van der Waals surface area contributed by atoms with E-state index >= 15 is 0 Å². The Morgan fingerprint density at radius 3 is 2.78 bits per heavy atom. The van der Waals surface area contributed by atoms with Crippen molar-refractivity contribution in [1.29, 1.82) is 0 Å². The van der Waals surface area contributed by atoms with Gasteiger partial charge in [-0.3, -0.25) is 0 Å². The van der Waals surface area contributed by atoms with Crippen molar-refractivity contribution >= 4 is 11.6 Å². The summed E-state index contributed by atoms with van der Waals surface area (Å²) in [5.41, 5.74) is 0. The molecule has 98 valence electrons. The van der Waals surface area contributed by atoms with Crippen molar-refractivity contribution in [3.8, 4) is 0 Å². The summed E-state index contributed by atoms with van der Waals surface area (Å²) in [4.78, 5) is 11.2. The minimum Gasteiger partial charge on any atom is -0.370 e. The van der Waals surface area contributed by atoms with Gasteiger partial charge in [0.05, 0.1) is 0 Å². The standard InChI is InChI=1S/C14H22N4/c1-2-7-15-13-8-14(17-10-16-13)18(12-5-6-12)9-11-3-4-11/h8,10-12H,2-7,9H2,1H3,(H,15,16,17). The minimum atomic E-state index is 0.736. The molecule has 0 aliphatic heterocycles. The van der Waals surface area contributed by atoms with Crippen LogP contribution in [0.2, 0.25) is 0 Å². The topological polar surface area (TPSA) is 41.0 Å². The van der Waals surface area contributed by atoms with E-state index < -0.39 is 0 Å². The Labute approximate surface area is 109 Å². The molecule has 3 rings (SSSR count). The molecular weight excluding hydrogens is 224 g/mol. The lowest BCUT2D eigenvalue weighted by atomic mass is 10.3. The second kappa shape index (κ2) is 5.12. The van der Waals surface area contributed by atoms with Crippen LogP contribution in [0.4, 0.5) is 11.6 Å². The fourth-order valence-corrected chi connectivity index (χ4v) is 2.25. The summed E-state index contributed by atoms with van der Waals surface area (Å²) in [5, 5.41) is 3.34. The molecule has 1 heterocycles. The fourth-order valence-electron chi connectivity index (χ4n) is 2.25. The van der Waals surface area contributed by atoms with Gasteiger partial charge in [0.1, 0.15) is 18.0 Å². The predicted octanol–water partition coefficient (Wildman–Crippen LogP) is 2.68. The van der Waals surface area contributed by atoms with E-state index in [1.165, 1.54) is 32.2 Å². The van der Waals surface area contributed by atoms with Gasteiger partial charge in [0.2, 0.25) is 0 Å². The van der Waals surface area contributed by atoms with Crippen LogP contribution in [-0.2, 0) is 0 Å². The fraction of sp³-hybridized carbons (Fsp3) is 0.714. The zero-order valence-electron chi connectivity index (χ0n) is 11.1. The van der Waals surface area contributed by atoms with E-state index in [4.69, 9.17) is 0 Å². The number of anilines is 2. The molecular formula is C14H22N4. The van der Waals surface area contributed by atoms with E-state index in [1.807, 2.05) is 0 Å². The number of nitrogens with one attached hydrogen (secondary N) is 1. The highest BCUT2D eigenvalue weighted by Crippen LogP contribution is 2.37. The minimum absolute atomic E-state index is 0.736. The number of rotatable bonds is 7. The van der Waals surface area contributed by atoms with Gasteiger partial charge in [0, 0.05) is 25.2 Å². The monoisotopic (exact) mass is 246 g/mol. The Kier molecular flexibility index (Phi) is 3.35. The largest absolute Gasteiger partial charge is 0.370 e. The molecule has 4 heteroatoms. The van der Waals surface area contributed by atoms with E-state index in [-0.39, 0.29) is 0 Å². The lowest BCUT2D eigenvalue weighted by Gasteiger charge is -2.23. The summed E-state index contributed by atoms with van der Waals surface area (Å²) in [6.45, 7) is 4.33. The molecule has 0 radical (unpaired) electrons. The Morgan fingerprint density at radius 1 is 1.28 bits per heavy atom. The van der Waals surface area contributed by atoms with Gasteiger partial charge >= 0.3 is 0 Å². The molecule has 2 aliphatic carbocycles. The summed E-state index contributed by atoms with van der Waals surface area (Å²) in [6.07, 6.45) is 8.26. The van der Waals surface area contributed by atoms with Crippen molar-refractivity contribution < 1.29 is 0 Å². The highest BCUT2D eigenvalue weighted by Gasteiger charge is 2.34. The van der Waals surface area contributed by atoms with E-state index in [2.05, 4.69) is 33.2 Å². The van der Waals surface area contributed by atoms with E-state index in [0.29, 0.717) is 0 Å². The number of nitrogens with zero attached hydrogens (tertiary/aromatic N) is 3. The molecule has 0 amide bonds. The molecule has 18 heavy (non-hydrogen) atoms. The molecule has 0 saturated heterocycles. The summed E-state index contributed by atoms with van der Waals surface area (Å²) < 4.78 is 0. The van der Waals surface area contributed by atoms with E-state index in [9.17, 15) is 0 Å². The summed E-state index contributed by atoms with van der Waals surface area (Å²) >= 11 is 0. The number of aromatic nitrogens is 2. The molecule has 0 aromatic carbocycles. The highest BCUT2D eigenvalue weighted by molar-refractivity contribution is 5.50. The van der Waals surface area contributed by atoms with Gasteiger partial charge < -0.3 is 10.2 Å². The van der Waals surface area contributed by atoms with Crippen molar-refractivity contribution in [1.82, 2.24) is 9.97 Å². The third-order valence-electron chi connectivity index (χ3n) is 3.64. The summed E-state index contributed by atoms with van der Waals surface area (Å²) in [7, 11) is 0. The highest BCUT2D eigenvalue weighted by atomic mass is 15.2. The van der Waals surface area contributed by atoms with Crippen LogP contribution in [0.5, 0.6) is 0 Å². The van der Waals surface area contributed by atoms with Crippen LogP contribution >= 0.6 is 0 Å². The summed E-state index contributed by atoms with van der Waals surface area (Å²) in [6, 6.07) is 2.84. The molecule has 2 fully saturated rings. The van der Waals surface area contributed by atoms with Crippen LogP contribution < -0.4 is 10.2 Å². The second-order valence-corrected chi connectivity index (χ2v) is 5.52. The van der Waals surface area contributed by atoms with Gasteiger partial charge in [-0.05, 0) is 38.0 Å². The Hall–Kier alpha value is -1.32. The molecule has 0 spiro atoms. The second-order valence-electron chi connectivity index (χ2n) is 5.52. The van der Waals surface area contributed by atoms with Gasteiger partial charge in [-0.2, -0.15) is 0 Å². The van der Waals surface area contributed by atoms with Crippen molar-refractivity contribution in [3.05, 3.63) is 12.4 Å². The lowest BCUT2D eigenvalue weighted by Crippen LogP contribution is -2.29. The van der Waals surface area contributed by atoms with Crippen molar-refractivity contribution in [2.45, 2.75) is 45.1 Å². The third-order valence-corrected chi connectivity index (χ3v) is 3.64. The van der Waals surface area contributed by atoms with Crippen LogP contribution in [0.3, 0.4) is 0 Å². The van der Waals surface area contributed by atoms with E-state index in [1.54, 1.807) is 6.33 Å². The third kappa shape index (κ3) is 2.92. The predicted molar refractivity (Wildman–Crippen MR) is 73.9 cm³/mol. The normalized spacial score (nSPS) is 18.7. The van der Waals surface area contributed by atoms with Crippen LogP contribution in [0.15, 0.2) is 12.4 Å². The first-order chi connectivity index (χ1) is 8.86. The van der Waals surface area contributed by atoms with Crippen LogP contribution in [0, 0.1) is 5.92 Å². The van der Waals surface area contributed by atoms with Gasteiger partial charge in [-0.15, -0.1) is 0 Å². The zero-order valence-corrected chi connectivity index (χ0v) is 11.1. The van der Waals surface area contributed by atoms with Gasteiger partial charge in [0.15, 0.2) is 0 Å². The quantitative estimate of drug-likeness (QED) is 0.803. The van der Waals surface area contributed by atoms with Crippen molar-refractivity contribution in [2.24, 2.45) is 5.92 Å². The smallest absolute Gasteiger partial charge is 0.134 e. The number of hydrogen-bond acceptors (Lipinski definition) is 4. The van der Waals surface area contributed by atoms with Gasteiger partial charge in [0.25, 0.3) is 0 Å². The summed E-state index contributed by atoms with van der Waals surface area (Å²) in [5.74, 6) is 2.98. The first-order valence-corrected chi connectivity index (χ1v) is 7.19. The Bertz CT molecular complexity index is 399. The zero-order chi connectivity index (χ0) is 12.4. The molecule has 0 bridgehead atoms. The van der Waals surface area contributed by atoms with Crippen LogP contribution in [-0.4, -0.2) is 29.1 Å². The molecule has 1 aromatic heterocycles. The SMILES string of the molecule is CCCNc1cc(N(CC2CC2)C2CC2)ncn1. The molecule has 1 N–H and O–H groups in total. The number of hydrogen-bond donors (Lipinski definition) is 1. The molecule has 2 aliphatic rings. The Morgan fingerprint density at radius 2 is 2.11 bits per heavy atom.